The molecule has 3 rings (SSSR count). The average Bonchev–Trinajstić information content (AvgIpc) is 2.75. The first-order chi connectivity index (χ1) is 14.8. The Balaban J connectivity index is 1.66. The van der Waals surface area contributed by atoms with E-state index in [1.54, 1.807) is 20.3 Å². The van der Waals surface area contributed by atoms with Gasteiger partial charge in [0.2, 0.25) is 5.91 Å². The summed E-state index contributed by atoms with van der Waals surface area (Å²) >= 11 is 9.49. The first-order valence-electron chi connectivity index (χ1n) is 10.2. The SMILES string of the molecule is COc1cc(/C=C/C(=O)N2C[C@@H](C)N(Cc3ccc(Cl)cc3)C[C@@H]2C)cc(Br)c1OC. The van der Waals surface area contributed by atoms with E-state index in [0.717, 1.165) is 28.1 Å². The number of nitrogens with zero attached hydrogens (tertiary/aromatic N) is 2. The Kier molecular flexibility index (Phi) is 8.03. The number of piperazine rings is 1. The highest BCUT2D eigenvalue weighted by Crippen LogP contribution is 2.36. The molecule has 5 nitrogen and oxygen atoms in total. The molecule has 1 heterocycles. The summed E-state index contributed by atoms with van der Waals surface area (Å²) in [6.07, 6.45) is 3.44. The molecule has 1 amide bonds. The number of benzene rings is 2. The van der Waals surface area contributed by atoms with Crippen LogP contribution in [0.2, 0.25) is 5.02 Å². The van der Waals surface area contributed by atoms with Gasteiger partial charge < -0.3 is 14.4 Å². The predicted molar refractivity (Wildman–Crippen MR) is 129 cm³/mol. The van der Waals surface area contributed by atoms with E-state index >= 15 is 0 Å². The van der Waals surface area contributed by atoms with Crippen molar-refractivity contribution in [3.05, 3.63) is 63.1 Å². The number of rotatable bonds is 6. The monoisotopic (exact) mass is 506 g/mol. The largest absolute Gasteiger partial charge is 0.493 e. The summed E-state index contributed by atoms with van der Waals surface area (Å²) in [5.74, 6) is 1.25. The fraction of sp³-hybridized carbons (Fsp3) is 0.375. The van der Waals surface area contributed by atoms with Gasteiger partial charge in [0.15, 0.2) is 11.5 Å². The molecule has 1 fully saturated rings. The van der Waals surface area contributed by atoms with E-state index in [9.17, 15) is 4.79 Å². The van der Waals surface area contributed by atoms with Crippen LogP contribution in [0.4, 0.5) is 0 Å². The Labute approximate surface area is 197 Å². The van der Waals surface area contributed by atoms with Crippen molar-refractivity contribution in [3.8, 4) is 11.5 Å². The van der Waals surface area contributed by atoms with Gasteiger partial charge in [0.1, 0.15) is 0 Å². The van der Waals surface area contributed by atoms with Crippen molar-refractivity contribution in [1.82, 2.24) is 9.80 Å². The molecule has 2 aromatic rings. The van der Waals surface area contributed by atoms with Crippen molar-refractivity contribution in [2.24, 2.45) is 0 Å². The minimum Gasteiger partial charge on any atom is -0.493 e. The van der Waals surface area contributed by atoms with Gasteiger partial charge in [0.05, 0.1) is 18.7 Å². The molecule has 2 atom stereocenters. The molecule has 0 saturated carbocycles. The number of methoxy groups -OCH3 is 2. The van der Waals surface area contributed by atoms with Crippen LogP contribution in [0.25, 0.3) is 6.08 Å². The van der Waals surface area contributed by atoms with Crippen LogP contribution < -0.4 is 9.47 Å². The van der Waals surface area contributed by atoms with Crippen LogP contribution in [-0.4, -0.2) is 55.1 Å². The van der Waals surface area contributed by atoms with Gasteiger partial charge in [-0.15, -0.1) is 0 Å². The summed E-state index contributed by atoms with van der Waals surface area (Å²) in [6.45, 7) is 6.62. The summed E-state index contributed by atoms with van der Waals surface area (Å²) in [5, 5.41) is 0.744. The molecule has 166 valence electrons. The Morgan fingerprint density at radius 1 is 1.13 bits per heavy atom. The van der Waals surface area contributed by atoms with Gasteiger partial charge in [0, 0.05) is 42.8 Å². The molecule has 0 N–H and O–H groups in total. The van der Waals surface area contributed by atoms with Crippen LogP contribution in [-0.2, 0) is 11.3 Å². The number of amides is 1. The van der Waals surface area contributed by atoms with Crippen LogP contribution in [0.1, 0.15) is 25.0 Å². The second kappa shape index (κ2) is 10.5. The highest BCUT2D eigenvalue weighted by molar-refractivity contribution is 9.10. The number of hydrogen-bond donors (Lipinski definition) is 0. The smallest absolute Gasteiger partial charge is 0.246 e. The molecule has 7 heteroatoms. The topological polar surface area (TPSA) is 42.0 Å². The number of ether oxygens (including phenoxy) is 2. The van der Waals surface area contributed by atoms with Gasteiger partial charge in [0.25, 0.3) is 0 Å². The zero-order valence-electron chi connectivity index (χ0n) is 18.3. The standard InChI is InChI=1S/C24H28BrClN2O3/c1-16-14-28(17(2)13-27(16)15-18-5-8-20(26)9-6-18)23(29)10-7-19-11-21(25)24(31-4)22(12-19)30-3/h5-12,16-17H,13-15H2,1-4H3/b10-7+/t16-,17+/m1/s1. The number of hydrogen-bond acceptors (Lipinski definition) is 4. The van der Waals surface area contributed by atoms with E-state index in [4.69, 9.17) is 21.1 Å². The quantitative estimate of drug-likeness (QED) is 0.501. The number of carbonyl (C=O) groups is 1. The molecule has 0 bridgehead atoms. The van der Waals surface area contributed by atoms with Crippen molar-refractivity contribution in [1.29, 1.82) is 0 Å². The second-order valence-electron chi connectivity index (χ2n) is 7.82. The number of carbonyl (C=O) groups excluding carboxylic acids is 1. The highest BCUT2D eigenvalue weighted by Gasteiger charge is 2.31. The molecule has 0 radical (unpaired) electrons. The molecule has 1 saturated heterocycles. The fourth-order valence-electron chi connectivity index (χ4n) is 3.85. The van der Waals surface area contributed by atoms with Crippen LogP contribution in [0, 0.1) is 0 Å². The minimum atomic E-state index is 0.0106. The van der Waals surface area contributed by atoms with Crippen molar-refractivity contribution in [3.63, 3.8) is 0 Å². The lowest BCUT2D eigenvalue weighted by Gasteiger charge is -2.44. The normalized spacial score (nSPS) is 19.6. The molecule has 1 aliphatic rings. The van der Waals surface area contributed by atoms with E-state index in [1.807, 2.05) is 35.2 Å². The van der Waals surface area contributed by atoms with Crippen LogP contribution in [0.15, 0.2) is 46.9 Å². The highest BCUT2D eigenvalue weighted by atomic mass is 79.9. The molecule has 0 aromatic heterocycles. The fourth-order valence-corrected chi connectivity index (χ4v) is 4.59. The summed E-state index contributed by atoms with van der Waals surface area (Å²) in [5.41, 5.74) is 2.09. The van der Waals surface area contributed by atoms with E-state index < -0.39 is 0 Å². The Morgan fingerprint density at radius 3 is 2.48 bits per heavy atom. The zero-order valence-corrected chi connectivity index (χ0v) is 20.6. The van der Waals surface area contributed by atoms with Crippen molar-refractivity contribution >= 4 is 39.5 Å². The average molecular weight is 508 g/mol. The van der Waals surface area contributed by atoms with E-state index in [-0.39, 0.29) is 18.0 Å². The van der Waals surface area contributed by atoms with Crippen molar-refractivity contribution in [2.45, 2.75) is 32.5 Å². The maximum Gasteiger partial charge on any atom is 0.246 e. The third-order valence-electron chi connectivity index (χ3n) is 5.57. The van der Waals surface area contributed by atoms with Gasteiger partial charge in [-0.05, 0) is 71.2 Å². The van der Waals surface area contributed by atoms with Crippen molar-refractivity contribution in [2.75, 3.05) is 27.3 Å². The first kappa shape index (κ1) is 23.6. The van der Waals surface area contributed by atoms with E-state index in [1.165, 1.54) is 5.56 Å². The molecule has 0 aliphatic carbocycles. The summed E-state index contributed by atoms with van der Waals surface area (Å²) in [4.78, 5) is 17.3. The molecule has 31 heavy (non-hydrogen) atoms. The van der Waals surface area contributed by atoms with Gasteiger partial charge >= 0.3 is 0 Å². The maximum atomic E-state index is 12.9. The molecule has 0 unspecified atom stereocenters. The second-order valence-corrected chi connectivity index (χ2v) is 9.11. The molecular formula is C24H28BrClN2O3. The Hall–Kier alpha value is -2.02. The van der Waals surface area contributed by atoms with Crippen molar-refractivity contribution < 1.29 is 14.3 Å². The number of halogens is 2. The van der Waals surface area contributed by atoms with Crippen LogP contribution in [0.3, 0.4) is 0 Å². The van der Waals surface area contributed by atoms with E-state index in [2.05, 4.69) is 46.8 Å². The van der Waals surface area contributed by atoms with Crippen LogP contribution >= 0.6 is 27.5 Å². The lowest BCUT2D eigenvalue weighted by molar-refractivity contribution is -0.131. The van der Waals surface area contributed by atoms with Gasteiger partial charge in [-0.2, -0.15) is 0 Å². The molecule has 1 aliphatic heterocycles. The predicted octanol–water partition coefficient (Wildman–Crippen LogP) is 5.25. The summed E-state index contributed by atoms with van der Waals surface area (Å²) < 4.78 is 11.5. The maximum absolute atomic E-state index is 12.9. The van der Waals surface area contributed by atoms with Crippen LogP contribution in [0.5, 0.6) is 11.5 Å². The first-order valence-corrected chi connectivity index (χ1v) is 11.4. The van der Waals surface area contributed by atoms with Gasteiger partial charge in [-0.25, -0.2) is 0 Å². The third-order valence-corrected chi connectivity index (χ3v) is 6.41. The molecular weight excluding hydrogens is 480 g/mol. The lowest BCUT2D eigenvalue weighted by atomic mass is 10.1. The minimum absolute atomic E-state index is 0.0106. The van der Waals surface area contributed by atoms with Gasteiger partial charge in [-0.3, -0.25) is 9.69 Å². The third kappa shape index (κ3) is 5.82. The van der Waals surface area contributed by atoms with Gasteiger partial charge in [-0.1, -0.05) is 23.7 Å². The Bertz CT molecular complexity index is 949. The Morgan fingerprint density at radius 2 is 1.84 bits per heavy atom. The summed E-state index contributed by atoms with van der Waals surface area (Å²) in [6, 6.07) is 12.1. The van der Waals surface area contributed by atoms with E-state index in [0.29, 0.717) is 18.0 Å². The molecule has 2 aromatic carbocycles. The lowest BCUT2D eigenvalue weighted by Crippen LogP contribution is -2.57. The summed E-state index contributed by atoms with van der Waals surface area (Å²) in [7, 11) is 3.19. The zero-order chi connectivity index (χ0) is 22.5. The molecule has 0 spiro atoms.